The SMILES string of the molecule is O=C(Cc1cccs1)NCCN1CCCCS1(=O)=O. The first-order valence-corrected chi connectivity index (χ1v) is 8.84. The highest BCUT2D eigenvalue weighted by Crippen LogP contribution is 2.12. The predicted molar refractivity (Wildman–Crippen MR) is 75.6 cm³/mol. The molecule has 1 amide bonds. The Morgan fingerprint density at radius 3 is 2.95 bits per heavy atom. The molecule has 1 fully saturated rings. The molecular weight excluding hydrogens is 284 g/mol. The van der Waals surface area contributed by atoms with Gasteiger partial charge in [-0.2, -0.15) is 0 Å². The fraction of sp³-hybridized carbons (Fsp3) is 0.583. The Morgan fingerprint density at radius 1 is 1.42 bits per heavy atom. The van der Waals surface area contributed by atoms with Crippen LogP contribution >= 0.6 is 11.3 Å². The van der Waals surface area contributed by atoms with E-state index in [9.17, 15) is 13.2 Å². The van der Waals surface area contributed by atoms with Crippen LogP contribution in [0.25, 0.3) is 0 Å². The van der Waals surface area contributed by atoms with Gasteiger partial charge in [-0.1, -0.05) is 6.07 Å². The molecular formula is C12H18N2O3S2. The summed E-state index contributed by atoms with van der Waals surface area (Å²) < 4.78 is 24.9. The number of hydrogen-bond donors (Lipinski definition) is 1. The second-order valence-corrected chi connectivity index (χ2v) is 7.65. The molecule has 1 aromatic rings. The van der Waals surface area contributed by atoms with Crippen molar-refractivity contribution >= 4 is 27.3 Å². The number of amides is 1. The van der Waals surface area contributed by atoms with Gasteiger partial charge in [0.2, 0.25) is 15.9 Å². The van der Waals surface area contributed by atoms with Crippen molar-refractivity contribution in [3.8, 4) is 0 Å². The molecule has 1 aliphatic heterocycles. The molecule has 0 spiro atoms. The molecule has 0 bridgehead atoms. The largest absolute Gasteiger partial charge is 0.354 e. The maximum Gasteiger partial charge on any atom is 0.225 e. The van der Waals surface area contributed by atoms with E-state index in [4.69, 9.17) is 0 Å². The average molecular weight is 302 g/mol. The highest BCUT2D eigenvalue weighted by Gasteiger charge is 2.25. The van der Waals surface area contributed by atoms with Gasteiger partial charge in [0.1, 0.15) is 0 Å². The van der Waals surface area contributed by atoms with Crippen molar-refractivity contribution in [3.05, 3.63) is 22.4 Å². The fourth-order valence-electron chi connectivity index (χ4n) is 2.05. The summed E-state index contributed by atoms with van der Waals surface area (Å²) in [5, 5.41) is 4.70. The Morgan fingerprint density at radius 2 is 2.26 bits per heavy atom. The maximum absolute atomic E-state index is 11.7. The molecule has 0 unspecified atom stereocenters. The molecule has 1 saturated heterocycles. The van der Waals surface area contributed by atoms with E-state index in [1.54, 1.807) is 11.3 Å². The van der Waals surface area contributed by atoms with Crippen molar-refractivity contribution in [2.24, 2.45) is 0 Å². The third-order valence-electron chi connectivity index (χ3n) is 3.05. The van der Waals surface area contributed by atoms with Gasteiger partial charge in [-0.15, -0.1) is 11.3 Å². The quantitative estimate of drug-likeness (QED) is 0.876. The van der Waals surface area contributed by atoms with Crippen molar-refractivity contribution in [1.82, 2.24) is 9.62 Å². The standard InChI is InChI=1S/C12H18N2O3S2/c15-12(10-11-4-3-8-18-11)13-5-7-14-6-1-2-9-19(14,16)17/h3-4,8H,1-2,5-7,9-10H2,(H,13,15). The summed E-state index contributed by atoms with van der Waals surface area (Å²) in [6.45, 7) is 1.32. The van der Waals surface area contributed by atoms with E-state index in [1.165, 1.54) is 4.31 Å². The summed E-state index contributed by atoms with van der Waals surface area (Å²) in [7, 11) is -3.09. The van der Waals surface area contributed by atoms with E-state index in [-0.39, 0.29) is 11.7 Å². The van der Waals surface area contributed by atoms with E-state index >= 15 is 0 Å². The normalized spacial score (nSPS) is 19.2. The number of thiophene rings is 1. The second-order valence-electron chi connectivity index (χ2n) is 4.53. The van der Waals surface area contributed by atoms with Crippen molar-refractivity contribution in [3.63, 3.8) is 0 Å². The molecule has 0 aromatic carbocycles. The van der Waals surface area contributed by atoms with Crippen LogP contribution in [0.1, 0.15) is 17.7 Å². The molecule has 2 heterocycles. The number of carbonyl (C=O) groups excluding carboxylic acids is 1. The topological polar surface area (TPSA) is 66.5 Å². The highest BCUT2D eigenvalue weighted by atomic mass is 32.2. The average Bonchev–Trinajstić information content (AvgIpc) is 2.84. The Labute approximate surface area is 117 Å². The van der Waals surface area contributed by atoms with Crippen LogP contribution in [-0.2, 0) is 21.2 Å². The number of nitrogens with one attached hydrogen (secondary N) is 1. The molecule has 0 aliphatic carbocycles. The van der Waals surface area contributed by atoms with E-state index in [1.807, 2.05) is 17.5 Å². The summed E-state index contributed by atoms with van der Waals surface area (Å²) in [4.78, 5) is 12.7. The molecule has 1 aromatic heterocycles. The molecule has 106 valence electrons. The molecule has 5 nitrogen and oxygen atoms in total. The zero-order valence-electron chi connectivity index (χ0n) is 10.7. The Kier molecular flexibility index (Phi) is 4.95. The maximum atomic E-state index is 11.7. The van der Waals surface area contributed by atoms with E-state index in [2.05, 4.69) is 5.32 Å². The lowest BCUT2D eigenvalue weighted by Gasteiger charge is -2.26. The van der Waals surface area contributed by atoms with Gasteiger partial charge in [-0.3, -0.25) is 4.79 Å². The van der Waals surface area contributed by atoms with E-state index < -0.39 is 10.0 Å². The van der Waals surface area contributed by atoms with Gasteiger partial charge in [0.15, 0.2) is 0 Å². The van der Waals surface area contributed by atoms with Crippen LogP contribution in [0.4, 0.5) is 0 Å². The molecule has 19 heavy (non-hydrogen) atoms. The molecule has 0 atom stereocenters. The number of carbonyl (C=O) groups is 1. The minimum atomic E-state index is -3.09. The van der Waals surface area contributed by atoms with Crippen molar-refractivity contribution in [1.29, 1.82) is 0 Å². The van der Waals surface area contributed by atoms with Crippen molar-refractivity contribution in [2.45, 2.75) is 19.3 Å². The third-order valence-corrected chi connectivity index (χ3v) is 5.88. The summed E-state index contributed by atoms with van der Waals surface area (Å²) in [6.07, 6.45) is 2.01. The van der Waals surface area contributed by atoms with Gasteiger partial charge in [0.05, 0.1) is 12.2 Å². The summed E-state index contributed by atoms with van der Waals surface area (Å²) in [5.41, 5.74) is 0. The lowest BCUT2D eigenvalue weighted by Crippen LogP contribution is -2.42. The van der Waals surface area contributed by atoms with Gasteiger partial charge >= 0.3 is 0 Å². The first kappa shape index (κ1) is 14.5. The van der Waals surface area contributed by atoms with Crippen LogP contribution in [0.2, 0.25) is 0 Å². The first-order chi connectivity index (χ1) is 9.08. The first-order valence-electron chi connectivity index (χ1n) is 6.35. The van der Waals surface area contributed by atoms with Crippen LogP contribution < -0.4 is 5.32 Å². The third kappa shape index (κ3) is 4.29. The van der Waals surface area contributed by atoms with Gasteiger partial charge in [0.25, 0.3) is 0 Å². The van der Waals surface area contributed by atoms with Gasteiger partial charge in [-0.05, 0) is 24.3 Å². The van der Waals surface area contributed by atoms with Crippen LogP contribution in [0, 0.1) is 0 Å². The Balaban J connectivity index is 1.72. The highest BCUT2D eigenvalue weighted by molar-refractivity contribution is 7.89. The number of hydrogen-bond acceptors (Lipinski definition) is 4. The zero-order chi connectivity index (χ0) is 13.7. The molecule has 1 aliphatic rings. The van der Waals surface area contributed by atoms with E-state index in [0.717, 1.165) is 17.7 Å². The van der Waals surface area contributed by atoms with Gasteiger partial charge < -0.3 is 5.32 Å². The Hall–Kier alpha value is -0.920. The zero-order valence-corrected chi connectivity index (χ0v) is 12.3. The summed E-state index contributed by atoms with van der Waals surface area (Å²) in [6, 6.07) is 3.83. The summed E-state index contributed by atoms with van der Waals surface area (Å²) in [5.74, 6) is 0.174. The smallest absolute Gasteiger partial charge is 0.225 e. The van der Waals surface area contributed by atoms with Crippen molar-refractivity contribution < 1.29 is 13.2 Å². The number of sulfonamides is 1. The molecule has 7 heteroatoms. The molecule has 0 saturated carbocycles. The van der Waals surface area contributed by atoms with Gasteiger partial charge in [-0.25, -0.2) is 12.7 Å². The fourth-order valence-corrected chi connectivity index (χ4v) is 4.35. The minimum Gasteiger partial charge on any atom is -0.354 e. The molecule has 0 radical (unpaired) electrons. The number of nitrogens with zero attached hydrogens (tertiary/aromatic N) is 1. The minimum absolute atomic E-state index is 0.0585. The number of rotatable bonds is 5. The lowest BCUT2D eigenvalue weighted by molar-refractivity contribution is -0.120. The van der Waals surface area contributed by atoms with Crippen LogP contribution in [0.3, 0.4) is 0 Å². The van der Waals surface area contributed by atoms with Crippen LogP contribution in [-0.4, -0.2) is 44.0 Å². The molecule has 1 N–H and O–H groups in total. The van der Waals surface area contributed by atoms with E-state index in [0.29, 0.717) is 26.1 Å². The lowest BCUT2D eigenvalue weighted by atomic mass is 10.3. The van der Waals surface area contributed by atoms with Gasteiger partial charge in [0, 0.05) is 24.5 Å². The predicted octanol–water partition coefficient (Wildman–Crippen LogP) is 0.832. The van der Waals surface area contributed by atoms with Crippen molar-refractivity contribution in [2.75, 3.05) is 25.4 Å². The Bertz CT molecular complexity index is 511. The molecule has 2 rings (SSSR count). The van der Waals surface area contributed by atoms with Crippen LogP contribution in [0.5, 0.6) is 0 Å². The van der Waals surface area contributed by atoms with Crippen LogP contribution in [0.15, 0.2) is 17.5 Å². The monoisotopic (exact) mass is 302 g/mol. The summed E-state index contributed by atoms with van der Waals surface area (Å²) >= 11 is 1.55. The second kappa shape index (κ2) is 6.49.